The van der Waals surface area contributed by atoms with Crippen LogP contribution in [-0.2, 0) is 11.2 Å². The maximum absolute atomic E-state index is 6.32. The molecule has 3 heteroatoms. The fourth-order valence-corrected chi connectivity index (χ4v) is 116. The average molecular weight is 388 g/mol. The molecule has 0 saturated carbocycles. The van der Waals surface area contributed by atoms with Gasteiger partial charge in [-0.15, -0.1) is 0 Å². The molecular formula is C21H33FeOP. The Balaban J connectivity index is 1.44. The van der Waals surface area contributed by atoms with E-state index in [0.29, 0.717) is 16.4 Å². The normalized spacial score (nSPS) is 94.2. The third-order valence-corrected chi connectivity index (χ3v) is 68.7. The molecule has 10 aliphatic heterocycles. The molecular weight excluding hydrogens is 355 g/mol. The first kappa shape index (κ1) is 12.4. The minimum absolute atomic E-state index is 0.0731. The molecule has 10 fully saturated rings. The van der Waals surface area contributed by atoms with E-state index >= 15 is 0 Å². The van der Waals surface area contributed by atoms with Crippen LogP contribution in [0.5, 0.6) is 0 Å². The summed E-state index contributed by atoms with van der Waals surface area (Å²) >= 11 is 0. The summed E-state index contributed by atoms with van der Waals surface area (Å²) in [5.74, 6) is 0. The summed E-state index contributed by atoms with van der Waals surface area (Å²) in [6, 6.07) is 0. The van der Waals surface area contributed by atoms with Gasteiger partial charge in [0, 0.05) is 0 Å². The molecule has 0 N–H and O–H groups in total. The number of methoxy groups -OCH3 is 1. The van der Waals surface area contributed by atoms with Gasteiger partial charge in [-0.1, -0.05) is 0 Å². The van der Waals surface area contributed by atoms with E-state index in [1.807, 2.05) is 0 Å². The van der Waals surface area contributed by atoms with Gasteiger partial charge in [-0.3, -0.25) is 0 Å². The van der Waals surface area contributed by atoms with Crippen molar-refractivity contribution in [2.45, 2.75) is 112 Å². The Bertz CT molecular complexity index is 1150. The first-order valence-corrected chi connectivity index (χ1v) is 17.9. The van der Waals surface area contributed by atoms with Crippen LogP contribution in [0, 0.1) is 0 Å². The number of fused-ring (bicyclic) bond motifs is 10. The van der Waals surface area contributed by atoms with Crippen LogP contribution in [0.25, 0.3) is 0 Å². The van der Waals surface area contributed by atoms with Crippen LogP contribution in [0.1, 0.15) is 48.5 Å². The van der Waals surface area contributed by atoms with Crippen LogP contribution in [0.2, 0.25) is 42.8 Å². The van der Waals surface area contributed by atoms with E-state index in [4.69, 9.17) is 4.74 Å². The van der Waals surface area contributed by atoms with E-state index in [2.05, 4.69) is 55.6 Å². The molecule has 0 aromatic rings. The van der Waals surface area contributed by atoms with Gasteiger partial charge in [-0.05, 0) is 0 Å². The third kappa shape index (κ3) is 0.171. The molecule has 24 heavy (non-hydrogen) atoms. The molecule has 0 bridgehead atoms. The Morgan fingerprint density at radius 2 is 1.29 bits per heavy atom. The predicted molar refractivity (Wildman–Crippen MR) is 98.3 cm³/mol. The number of hydrogen-bond acceptors (Lipinski definition) is 1. The summed E-state index contributed by atoms with van der Waals surface area (Å²) in [6.07, 6.45) is 0.608. The summed E-state index contributed by atoms with van der Waals surface area (Å²) < 4.78 is 8.10. The summed E-state index contributed by atoms with van der Waals surface area (Å²) in [4.78, 5) is 11.0. The van der Waals surface area contributed by atoms with Crippen molar-refractivity contribution in [2.75, 3.05) is 7.11 Å². The summed E-state index contributed by atoms with van der Waals surface area (Å²) in [5.41, 5.74) is 0. The molecule has 0 aromatic carbocycles. The van der Waals surface area contributed by atoms with Crippen LogP contribution >= 0.6 is 7.92 Å². The van der Waals surface area contributed by atoms with Crippen LogP contribution in [0.3, 0.4) is 0 Å². The topological polar surface area (TPSA) is 9.23 Å². The second kappa shape index (κ2) is 1.23. The Morgan fingerprint density at radius 3 is 1.58 bits per heavy atom. The van der Waals surface area contributed by atoms with Crippen molar-refractivity contribution in [3.05, 3.63) is 0 Å². The van der Waals surface area contributed by atoms with E-state index in [1.165, 1.54) is 38.5 Å². The minimum atomic E-state index is -3.34. The molecule has 1 nitrogen and oxygen atoms in total. The van der Waals surface area contributed by atoms with Crippen molar-refractivity contribution in [3.63, 3.8) is 0 Å². The number of rotatable bonds is 3. The first-order chi connectivity index (χ1) is 10.8. The second-order valence-electron chi connectivity index (χ2n) is 15.3. The van der Waals surface area contributed by atoms with Crippen LogP contribution in [0.4, 0.5) is 0 Å². The van der Waals surface area contributed by atoms with Gasteiger partial charge in [0.25, 0.3) is 0 Å². The van der Waals surface area contributed by atoms with E-state index in [-0.39, 0.29) is 7.92 Å². The van der Waals surface area contributed by atoms with E-state index in [1.54, 1.807) is 0 Å². The molecule has 0 amide bonds. The van der Waals surface area contributed by atoms with E-state index in [9.17, 15) is 0 Å². The van der Waals surface area contributed by atoms with E-state index in [0.717, 1.165) is 8.37 Å². The standard InChI is InChI=1S/C16H28OP.C5H5.Fe/c1-12(17-8)13-10-9-11-14(13)18(15(2,3)4)16(5,6)7;1-2-4-5-3-1;/h9-12H,1-8H3;1-5H;. The van der Waals surface area contributed by atoms with Gasteiger partial charge in [0.15, 0.2) is 0 Å². The molecule has 6 atom stereocenters. The van der Waals surface area contributed by atoms with Crippen molar-refractivity contribution in [3.8, 4) is 0 Å². The van der Waals surface area contributed by atoms with Crippen molar-refractivity contribution >= 4 is 7.92 Å². The molecule has 0 radical (unpaired) electrons. The third-order valence-electron chi connectivity index (χ3n) is 17.5. The monoisotopic (exact) mass is 388 g/mol. The predicted octanol–water partition coefficient (Wildman–Crippen LogP) is 6.77. The number of ether oxygens (including phenoxy) is 1. The zero-order valence-electron chi connectivity index (χ0n) is 16.4. The van der Waals surface area contributed by atoms with Crippen LogP contribution in [0.15, 0.2) is 0 Å². The summed E-state index contributed by atoms with van der Waals surface area (Å²) in [5, 5.41) is 1.04. The molecule has 136 valence electrons. The quantitative estimate of drug-likeness (QED) is 0.383. The molecule has 10 heterocycles. The Kier molecular flexibility index (Phi) is 0.636. The second-order valence-corrected chi connectivity index (χ2v) is 43.0. The zero-order valence-corrected chi connectivity index (χ0v) is 18.4. The van der Waals surface area contributed by atoms with Gasteiger partial charge in [-0.25, -0.2) is 0 Å². The fourth-order valence-electron chi connectivity index (χ4n) is 20.6. The van der Waals surface area contributed by atoms with Gasteiger partial charge >= 0.3 is 138 Å². The molecule has 6 unspecified atom stereocenters. The molecule has 10 rings (SSSR count). The van der Waals surface area contributed by atoms with Gasteiger partial charge in [0.2, 0.25) is 0 Å². The van der Waals surface area contributed by atoms with E-state index < -0.39 is 6.51 Å². The van der Waals surface area contributed by atoms with Crippen LogP contribution < -0.4 is 0 Å². The SMILES string of the molecule is COC(C)[C]12[CH]3[CH]4[CH]5[C]1(P(C(C)(C)C)C(C)(C)C)[Fe]43521678[CH]2[CH]1[CH]6[CH]7[CH]28. The molecule has 10 aliphatic rings. The van der Waals surface area contributed by atoms with Crippen molar-refractivity contribution in [1.82, 2.24) is 0 Å². The Labute approximate surface area is 138 Å². The van der Waals surface area contributed by atoms with Crippen molar-refractivity contribution < 1.29 is 11.2 Å². The summed E-state index contributed by atoms with van der Waals surface area (Å²) in [7, 11) is 2.13. The van der Waals surface area contributed by atoms with Gasteiger partial charge < -0.3 is 0 Å². The fraction of sp³-hybridized carbons (Fsp3) is 1.00. The van der Waals surface area contributed by atoms with Gasteiger partial charge in [-0.2, -0.15) is 0 Å². The van der Waals surface area contributed by atoms with Crippen LogP contribution in [-0.4, -0.2) is 27.6 Å². The summed E-state index contributed by atoms with van der Waals surface area (Å²) in [6.45, 7) is 15.0. The molecule has 0 aliphatic carbocycles. The Hall–Kier alpha value is 0.909. The first-order valence-electron chi connectivity index (χ1n) is 10.3. The van der Waals surface area contributed by atoms with Gasteiger partial charge in [0.1, 0.15) is 0 Å². The molecule has 0 aromatic heterocycles. The molecule has 1 spiro atoms. The Morgan fingerprint density at radius 1 is 0.833 bits per heavy atom. The molecule has 10 saturated heterocycles. The maximum atomic E-state index is 6.32. The number of hydrogen-bond donors (Lipinski definition) is 0. The average Bonchev–Trinajstić information content (AvgIpc) is 3.37. The zero-order chi connectivity index (χ0) is 16.8. The van der Waals surface area contributed by atoms with Crippen molar-refractivity contribution in [2.24, 2.45) is 0 Å². The van der Waals surface area contributed by atoms with Crippen molar-refractivity contribution in [1.29, 1.82) is 0 Å². The van der Waals surface area contributed by atoms with Gasteiger partial charge in [0.05, 0.1) is 0 Å².